The fourth-order valence-electron chi connectivity index (χ4n) is 0.741. The zero-order chi connectivity index (χ0) is 9.14. The summed E-state index contributed by atoms with van der Waals surface area (Å²) in [5.41, 5.74) is 5.73. The lowest BCUT2D eigenvalue weighted by molar-refractivity contribution is 0.478. The number of nitrogens with one attached hydrogen (secondary N) is 1. The fraction of sp³-hybridized carbons (Fsp3) is 0. The number of phenols is 1. The lowest BCUT2D eigenvalue weighted by atomic mass is 10.3. The molecule has 0 aliphatic rings. The molecule has 0 saturated carbocycles. The second-order valence-electron chi connectivity index (χ2n) is 2.15. The van der Waals surface area contributed by atoms with Gasteiger partial charge in [-0.15, -0.1) is 0 Å². The number of anilines is 1. The van der Waals surface area contributed by atoms with E-state index in [2.05, 4.69) is 33.5 Å². The van der Waals surface area contributed by atoms with Crippen molar-refractivity contribution < 1.29 is 5.11 Å². The fourth-order valence-corrected chi connectivity index (χ4v) is 1.21. The highest BCUT2D eigenvalue weighted by Crippen LogP contribution is 2.26. The van der Waals surface area contributed by atoms with Gasteiger partial charge < -0.3 is 16.2 Å². The van der Waals surface area contributed by atoms with Gasteiger partial charge in [-0.05, 0) is 30.4 Å². The molecule has 0 radical (unpaired) electrons. The third-order valence-electron chi connectivity index (χ3n) is 1.22. The number of hydrogen-bond acceptors (Lipinski definition) is 2. The molecule has 0 fully saturated rings. The van der Waals surface area contributed by atoms with E-state index in [0.29, 0.717) is 5.69 Å². The highest BCUT2D eigenvalue weighted by molar-refractivity contribution is 9.10. The monoisotopic (exact) mass is 246 g/mol. The molecule has 0 bridgehead atoms. The van der Waals surface area contributed by atoms with Crippen molar-refractivity contribution in [2.24, 2.45) is 5.73 Å². The predicted octanol–water partition coefficient (Wildman–Crippen LogP) is 1.81. The van der Waals surface area contributed by atoms with Crippen LogP contribution in [-0.2, 0) is 0 Å². The maximum absolute atomic E-state index is 9.29. The van der Waals surface area contributed by atoms with E-state index in [1.165, 1.54) is 0 Å². The molecule has 1 aromatic rings. The minimum Gasteiger partial charge on any atom is -0.506 e. The van der Waals surface area contributed by atoms with E-state index in [4.69, 9.17) is 5.73 Å². The van der Waals surface area contributed by atoms with Gasteiger partial charge in [-0.3, -0.25) is 0 Å². The molecular weight excluding hydrogens is 240 g/mol. The molecule has 0 unspecified atom stereocenters. The van der Waals surface area contributed by atoms with E-state index in [0.717, 1.165) is 4.47 Å². The molecule has 0 atom stereocenters. The first-order valence-electron chi connectivity index (χ1n) is 3.14. The molecule has 3 nitrogen and oxygen atoms in total. The van der Waals surface area contributed by atoms with Crippen molar-refractivity contribution in [1.29, 1.82) is 0 Å². The van der Waals surface area contributed by atoms with Crippen molar-refractivity contribution in [3.05, 3.63) is 22.7 Å². The first-order valence-corrected chi connectivity index (χ1v) is 4.34. The maximum Gasteiger partial charge on any atom is 0.168 e. The van der Waals surface area contributed by atoms with Crippen LogP contribution in [0.3, 0.4) is 0 Å². The number of aromatic hydroxyl groups is 1. The highest BCUT2D eigenvalue weighted by atomic mass is 79.9. The molecule has 1 aromatic carbocycles. The molecule has 12 heavy (non-hydrogen) atoms. The van der Waals surface area contributed by atoms with Gasteiger partial charge in [0.15, 0.2) is 5.11 Å². The molecule has 1 rings (SSSR count). The van der Waals surface area contributed by atoms with E-state index in [9.17, 15) is 5.11 Å². The number of benzene rings is 1. The van der Waals surface area contributed by atoms with Crippen LogP contribution in [-0.4, -0.2) is 10.2 Å². The van der Waals surface area contributed by atoms with Crippen LogP contribution in [0.4, 0.5) is 5.69 Å². The lowest BCUT2D eigenvalue weighted by Crippen LogP contribution is -2.18. The molecule has 0 aliphatic heterocycles. The molecule has 0 amide bonds. The van der Waals surface area contributed by atoms with E-state index >= 15 is 0 Å². The summed E-state index contributed by atoms with van der Waals surface area (Å²) in [5.74, 6) is 0.117. The van der Waals surface area contributed by atoms with Crippen molar-refractivity contribution in [3.8, 4) is 5.75 Å². The van der Waals surface area contributed by atoms with E-state index in [-0.39, 0.29) is 10.9 Å². The molecular formula is C7H7BrN2OS. The number of nitrogens with two attached hydrogens (primary N) is 1. The molecule has 64 valence electrons. The molecule has 4 N–H and O–H groups in total. The average molecular weight is 247 g/mol. The first kappa shape index (κ1) is 9.28. The Morgan fingerprint density at radius 1 is 1.58 bits per heavy atom. The number of thiocarbonyl (C=S) groups is 1. The Bertz CT molecular complexity index is 316. The minimum atomic E-state index is 0.117. The number of hydrogen-bond donors (Lipinski definition) is 3. The van der Waals surface area contributed by atoms with Gasteiger partial charge >= 0.3 is 0 Å². The van der Waals surface area contributed by atoms with E-state index < -0.39 is 0 Å². The third-order valence-corrected chi connectivity index (χ3v) is 1.81. The first-order chi connectivity index (χ1) is 5.59. The summed E-state index contributed by atoms with van der Waals surface area (Å²) in [4.78, 5) is 0. The Kier molecular flexibility index (Phi) is 2.88. The van der Waals surface area contributed by atoms with Gasteiger partial charge in [-0.25, -0.2) is 0 Å². The van der Waals surface area contributed by atoms with Crippen LogP contribution >= 0.6 is 28.1 Å². The van der Waals surface area contributed by atoms with Gasteiger partial charge in [0.1, 0.15) is 5.75 Å². The molecule has 0 saturated heterocycles. The second-order valence-corrected chi connectivity index (χ2v) is 3.51. The number of rotatable bonds is 1. The van der Waals surface area contributed by atoms with Gasteiger partial charge in [0.25, 0.3) is 0 Å². The SMILES string of the molecule is NC(=S)Nc1cc(Br)ccc1O. The van der Waals surface area contributed by atoms with Gasteiger partial charge in [0, 0.05) is 4.47 Å². The summed E-state index contributed by atoms with van der Waals surface area (Å²) in [5, 5.41) is 12.1. The second kappa shape index (κ2) is 3.73. The normalized spacial score (nSPS) is 9.42. The topological polar surface area (TPSA) is 58.3 Å². The molecule has 0 aliphatic carbocycles. The average Bonchev–Trinajstić information content (AvgIpc) is 1.96. The van der Waals surface area contributed by atoms with Gasteiger partial charge in [0.05, 0.1) is 5.69 Å². The number of halogens is 1. The van der Waals surface area contributed by atoms with Crippen molar-refractivity contribution in [2.75, 3.05) is 5.32 Å². The lowest BCUT2D eigenvalue weighted by Gasteiger charge is -2.05. The third kappa shape index (κ3) is 2.35. The van der Waals surface area contributed by atoms with Crippen LogP contribution in [0.2, 0.25) is 0 Å². The molecule has 5 heteroatoms. The van der Waals surface area contributed by atoms with Crippen molar-refractivity contribution in [1.82, 2.24) is 0 Å². The Hall–Kier alpha value is -0.810. The highest BCUT2D eigenvalue weighted by Gasteiger charge is 2.00. The zero-order valence-corrected chi connectivity index (χ0v) is 8.45. The van der Waals surface area contributed by atoms with Crippen molar-refractivity contribution in [2.45, 2.75) is 0 Å². The summed E-state index contributed by atoms with van der Waals surface area (Å²) < 4.78 is 0.846. The smallest absolute Gasteiger partial charge is 0.168 e. The Morgan fingerprint density at radius 3 is 2.83 bits per heavy atom. The largest absolute Gasteiger partial charge is 0.506 e. The Balaban J connectivity index is 2.97. The van der Waals surface area contributed by atoms with Crippen LogP contribution < -0.4 is 11.1 Å². The standard InChI is InChI=1S/C7H7BrN2OS/c8-4-1-2-6(11)5(3-4)10-7(9)12/h1-3,11H,(H3,9,10,12). The Morgan fingerprint density at radius 2 is 2.25 bits per heavy atom. The summed E-state index contributed by atoms with van der Waals surface area (Å²) in [6.45, 7) is 0. The van der Waals surface area contributed by atoms with Crippen molar-refractivity contribution >= 4 is 38.9 Å². The van der Waals surface area contributed by atoms with Crippen LogP contribution in [0.25, 0.3) is 0 Å². The van der Waals surface area contributed by atoms with E-state index in [1.54, 1.807) is 18.2 Å². The van der Waals surface area contributed by atoms with E-state index in [1.807, 2.05) is 0 Å². The summed E-state index contributed by atoms with van der Waals surface area (Å²) >= 11 is 7.87. The maximum atomic E-state index is 9.29. The summed E-state index contributed by atoms with van der Waals surface area (Å²) in [6.07, 6.45) is 0. The Labute approximate surface area is 83.7 Å². The van der Waals surface area contributed by atoms with Gasteiger partial charge in [0.2, 0.25) is 0 Å². The van der Waals surface area contributed by atoms with Gasteiger partial charge in [-0.1, -0.05) is 15.9 Å². The van der Waals surface area contributed by atoms with Crippen LogP contribution in [0.5, 0.6) is 5.75 Å². The summed E-state index contributed by atoms with van der Waals surface area (Å²) in [7, 11) is 0. The minimum absolute atomic E-state index is 0.117. The summed E-state index contributed by atoms with van der Waals surface area (Å²) in [6, 6.07) is 4.96. The molecule has 0 spiro atoms. The van der Waals surface area contributed by atoms with Crippen LogP contribution in [0.15, 0.2) is 22.7 Å². The van der Waals surface area contributed by atoms with Crippen molar-refractivity contribution in [3.63, 3.8) is 0 Å². The van der Waals surface area contributed by atoms with Crippen LogP contribution in [0, 0.1) is 0 Å². The van der Waals surface area contributed by atoms with Gasteiger partial charge in [-0.2, -0.15) is 0 Å². The predicted molar refractivity (Wildman–Crippen MR) is 56.2 cm³/mol. The van der Waals surface area contributed by atoms with Crippen LogP contribution in [0.1, 0.15) is 0 Å². The molecule has 0 heterocycles. The number of phenolic OH excluding ortho intramolecular Hbond substituents is 1. The zero-order valence-electron chi connectivity index (χ0n) is 6.04. The molecule has 0 aromatic heterocycles. The quantitative estimate of drug-likeness (QED) is 0.523.